The molecular weight excluding hydrogens is 312 g/mol. The Morgan fingerprint density at radius 3 is 2.36 bits per heavy atom. The number of carbonyl (C=O) groups excluding carboxylic acids is 2. The highest BCUT2D eigenvalue weighted by Gasteiger charge is 2.25. The van der Waals surface area contributed by atoms with Crippen molar-refractivity contribution in [1.29, 1.82) is 0 Å². The molecule has 0 fully saturated rings. The fourth-order valence-electron chi connectivity index (χ4n) is 2.09. The first-order valence-electron chi connectivity index (χ1n) is 6.06. The Labute approximate surface area is 126 Å². The zero-order chi connectivity index (χ0) is 16.5. The summed E-state index contributed by atoms with van der Waals surface area (Å²) < 4.78 is 38.7. The number of hydrogen-bond donors (Lipinski definition) is 1. The van der Waals surface area contributed by atoms with Gasteiger partial charge in [-0.3, -0.25) is 4.55 Å². The molecule has 0 atom stereocenters. The van der Waals surface area contributed by atoms with Gasteiger partial charge < -0.3 is 8.92 Å². The van der Waals surface area contributed by atoms with E-state index in [4.69, 9.17) is 4.55 Å². The SMILES string of the molecule is COC(=O)c1ccc2cc(C)ccc2c1C(=O)OS(=O)(=O)O. The number of rotatable bonds is 3. The first-order valence-corrected chi connectivity index (χ1v) is 7.42. The fourth-order valence-corrected chi connectivity index (χ4v) is 2.36. The van der Waals surface area contributed by atoms with Crippen LogP contribution < -0.4 is 0 Å². The van der Waals surface area contributed by atoms with Crippen molar-refractivity contribution >= 4 is 33.1 Å². The monoisotopic (exact) mass is 324 g/mol. The van der Waals surface area contributed by atoms with E-state index in [1.807, 2.05) is 6.92 Å². The maximum absolute atomic E-state index is 12.0. The summed E-state index contributed by atoms with van der Waals surface area (Å²) in [6, 6.07) is 7.92. The van der Waals surface area contributed by atoms with Gasteiger partial charge >= 0.3 is 22.3 Å². The molecule has 0 saturated heterocycles. The molecule has 8 heteroatoms. The van der Waals surface area contributed by atoms with E-state index >= 15 is 0 Å². The van der Waals surface area contributed by atoms with E-state index in [0.29, 0.717) is 10.8 Å². The van der Waals surface area contributed by atoms with Gasteiger partial charge in [-0.1, -0.05) is 29.8 Å². The fraction of sp³-hybridized carbons (Fsp3) is 0.143. The first kappa shape index (κ1) is 15.9. The highest BCUT2D eigenvalue weighted by molar-refractivity contribution is 7.81. The van der Waals surface area contributed by atoms with Crippen molar-refractivity contribution in [2.45, 2.75) is 6.92 Å². The van der Waals surface area contributed by atoms with Crippen molar-refractivity contribution in [3.63, 3.8) is 0 Å². The van der Waals surface area contributed by atoms with E-state index in [1.54, 1.807) is 24.3 Å². The standard InChI is InChI=1S/C14H12O7S/c1-8-3-5-10-9(7-8)4-6-11(13(15)20-2)12(10)14(16)21-22(17,18)19/h3-7H,1-2H3,(H,17,18,19). The number of ether oxygens (including phenoxy) is 1. The van der Waals surface area contributed by atoms with Gasteiger partial charge in [0.2, 0.25) is 0 Å². The van der Waals surface area contributed by atoms with Crippen LogP contribution in [-0.2, 0) is 19.3 Å². The zero-order valence-electron chi connectivity index (χ0n) is 11.7. The largest absolute Gasteiger partial charge is 0.465 e. The predicted octanol–water partition coefficient (Wildman–Crippen LogP) is 1.89. The number of carbonyl (C=O) groups is 2. The molecule has 0 unspecified atom stereocenters. The number of esters is 1. The minimum Gasteiger partial charge on any atom is -0.465 e. The summed E-state index contributed by atoms with van der Waals surface area (Å²) in [5.41, 5.74) is 0.460. The van der Waals surface area contributed by atoms with Crippen LogP contribution in [0.1, 0.15) is 26.3 Å². The van der Waals surface area contributed by atoms with E-state index in [9.17, 15) is 18.0 Å². The summed E-state index contributed by atoms with van der Waals surface area (Å²) in [5, 5.41) is 0.914. The minimum atomic E-state index is -5.00. The van der Waals surface area contributed by atoms with Crippen LogP contribution in [0, 0.1) is 6.92 Å². The number of hydrogen-bond acceptors (Lipinski definition) is 6. The lowest BCUT2D eigenvalue weighted by Crippen LogP contribution is -2.17. The van der Waals surface area contributed by atoms with Crippen molar-refractivity contribution in [3.05, 3.63) is 47.0 Å². The third kappa shape index (κ3) is 3.23. The summed E-state index contributed by atoms with van der Waals surface area (Å²) in [5.74, 6) is -2.19. The maximum atomic E-state index is 12.0. The third-order valence-corrected chi connectivity index (χ3v) is 3.33. The number of benzene rings is 2. The Kier molecular flexibility index (Phi) is 4.16. The second-order valence-electron chi connectivity index (χ2n) is 4.50. The van der Waals surface area contributed by atoms with Crippen LogP contribution in [0.4, 0.5) is 0 Å². The molecule has 2 rings (SSSR count). The molecule has 0 aliphatic rings. The molecule has 1 N–H and O–H groups in total. The van der Waals surface area contributed by atoms with Crippen LogP contribution in [0.25, 0.3) is 10.8 Å². The second-order valence-corrected chi connectivity index (χ2v) is 5.52. The number of methoxy groups -OCH3 is 1. The summed E-state index contributed by atoms with van der Waals surface area (Å²) in [4.78, 5) is 23.8. The molecule has 0 aromatic heterocycles. The summed E-state index contributed by atoms with van der Waals surface area (Å²) >= 11 is 0. The van der Waals surface area contributed by atoms with E-state index in [1.165, 1.54) is 6.07 Å². The second kappa shape index (κ2) is 5.74. The lowest BCUT2D eigenvalue weighted by Gasteiger charge is -2.10. The summed E-state index contributed by atoms with van der Waals surface area (Å²) in [6.45, 7) is 1.84. The van der Waals surface area contributed by atoms with Crippen molar-refractivity contribution < 1.29 is 31.5 Å². The Balaban J connectivity index is 2.75. The summed E-state index contributed by atoms with van der Waals surface area (Å²) in [7, 11) is -3.87. The van der Waals surface area contributed by atoms with E-state index in [0.717, 1.165) is 12.7 Å². The smallest absolute Gasteiger partial charge is 0.449 e. The zero-order valence-corrected chi connectivity index (χ0v) is 12.5. The third-order valence-electron chi connectivity index (χ3n) is 2.97. The van der Waals surface area contributed by atoms with Gasteiger partial charge in [-0.2, -0.15) is 8.42 Å². The van der Waals surface area contributed by atoms with Gasteiger partial charge in [-0.25, -0.2) is 9.59 Å². The Bertz CT molecular complexity index is 868. The highest BCUT2D eigenvalue weighted by Crippen LogP contribution is 2.25. The lowest BCUT2D eigenvalue weighted by atomic mass is 9.97. The van der Waals surface area contributed by atoms with Gasteiger partial charge in [0, 0.05) is 0 Å². The molecule has 22 heavy (non-hydrogen) atoms. The minimum absolute atomic E-state index is 0.160. The molecule has 0 aliphatic heterocycles. The topological polar surface area (TPSA) is 107 Å². The Morgan fingerprint density at radius 1 is 1.09 bits per heavy atom. The average Bonchev–Trinajstić information content (AvgIpc) is 2.43. The van der Waals surface area contributed by atoms with Crippen molar-refractivity contribution in [3.8, 4) is 0 Å². The van der Waals surface area contributed by atoms with Crippen LogP contribution in [0.15, 0.2) is 30.3 Å². The molecule has 2 aromatic rings. The van der Waals surface area contributed by atoms with Crippen LogP contribution >= 0.6 is 0 Å². The van der Waals surface area contributed by atoms with Crippen molar-refractivity contribution in [1.82, 2.24) is 0 Å². The number of aryl methyl sites for hydroxylation is 1. The molecule has 0 bridgehead atoms. The van der Waals surface area contributed by atoms with Crippen LogP contribution in [-0.4, -0.2) is 32.0 Å². The average molecular weight is 324 g/mol. The van der Waals surface area contributed by atoms with Crippen molar-refractivity contribution in [2.75, 3.05) is 7.11 Å². The maximum Gasteiger partial charge on any atom is 0.449 e. The van der Waals surface area contributed by atoms with Crippen LogP contribution in [0.3, 0.4) is 0 Å². The normalized spacial score (nSPS) is 11.2. The molecule has 0 heterocycles. The molecule has 7 nitrogen and oxygen atoms in total. The van der Waals surface area contributed by atoms with Crippen molar-refractivity contribution in [2.24, 2.45) is 0 Å². The van der Waals surface area contributed by atoms with Gasteiger partial charge in [0.15, 0.2) is 0 Å². The van der Waals surface area contributed by atoms with Gasteiger partial charge in [-0.05, 0) is 23.8 Å². The molecule has 0 spiro atoms. The van der Waals surface area contributed by atoms with Gasteiger partial charge in [0.25, 0.3) is 0 Å². The first-order chi connectivity index (χ1) is 10.2. The van der Waals surface area contributed by atoms with E-state index in [2.05, 4.69) is 8.92 Å². The van der Waals surface area contributed by atoms with Gasteiger partial charge in [0.05, 0.1) is 18.2 Å². The molecule has 0 radical (unpaired) electrons. The highest BCUT2D eigenvalue weighted by atomic mass is 32.3. The predicted molar refractivity (Wildman–Crippen MR) is 77.0 cm³/mol. The Hall–Kier alpha value is -2.45. The molecule has 0 saturated carbocycles. The summed E-state index contributed by atoms with van der Waals surface area (Å²) in [6.07, 6.45) is 0. The van der Waals surface area contributed by atoms with Gasteiger partial charge in [0.1, 0.15) is 0 Å². The van der Waals surface area contributed by atoms with Crippen LogP contribution in [0.5, 0.6) is 0 Å². The number of fused-ring (bicyclic) bond motifs is 1. The van der Waals surface area contributed by atoms with E-state index < -0.39 is 22.3 Å². The Morgan fingerprint density at radius 2 is 1.77 bits per heavy atom. The quantitative estimate of drug-likeness (QED) is 0.678. The molecular formula is C14H12O7S. The van der Waals surface area contributed by atoms with E-state index in [-0.39, 0.29) is 11.1 Å². The molecule has 2 aromatic carbocycles. The lowest BCUT2D eigenvalue weighted by molar-refractivity contribution is 0.0586. The molecule has 116 valence electrons. The molecule has 0 aliphatic carbocycles. The van der Waals surface area contributed by atoms with Crippen LogP contribution in [0.2, 0.25) is 0 Å². The molecule has 0 amide bonds. The van der Waals surface area contributed by atoms with Gasteiger partial charge in [-0.15, -0.1) is 0 Å².